The van der Waals surface area contributed by atoms with Crippen molar-refractivity contribution < 1.29 is 4.92 Å². The SMILES string of the molecule is O=[N+]([O-])c1ccc([S])c(C(Cl)(Cl)Cl)c1. The molecular weight excluding hydrogens is 269 g/mol. The smallest absolute Gasteiger partial charge is 0.258 e. The van der Waals surface area contributed by atoms with Crippen LogP contribution in [0.5, 0.6) is 0 Å². The number of nitrogens with zero attached hydrogens (tertiary/aromatic N) is 1. The molecule has 1 aromatic rings. The highest BCUT2D eigenvalue weighted by Crippen LogP contribution is 2.42. The number of nitro groups is 1. The highest BCUT2D eigenvalue weighted by molar-refractivity contribution is 7.80. The molecular formula is C7H3Cl3NO2S. The van der Waals surface area contributed by atoms with Gasteiger partial charge in [-0.1, -0.05) is 47.4 Å². The van der Waals surface area contributed by atoms with E-state index in [-0.39, 0.29) is 16.1 Å². The number of alkyl halides is 3. The molecule has 0 saturated heterocycles. The zero-order chi connectivity index (χ0) is 10.9. The molecule has 0 unspecified atom stereocenters. The first-order chi connectivity index (χ1) is 6.32. The summed E-state index contributed by atoms with van der Waals surface area (Å²) in [5, 5.41) is 10.4. The van der Waals surface area contributed by atoms with Gasteiger partial charge in [-0.15, -0.1) is 0 Å². The Labute approximate surface area is 101 Å². The van der Waals surface area contributed by atoms with Crippen molar-refractivity contribution in [1.82, 2.24) is 0 Å². The van der Waals surface area contributed by atoms with E-state index in [4.69, 9.17) is 47.4 Å². The minimum absolute atomic E-state index is 0.145. The molecule has 1 radical (unpaired) electrons. The molecule has 1 aromatic carbocycles. The summed E-state index contributed by atoms with van der Waals surface area (Å²) in [5.41, 5.74) is -0.00775. The summed E-state index contributed by atoms with van der Waals surface area (Å²) >= 11 is 21.6. The van der Waals surface area contributed by atoms with Crippen LogP contribution in [-0.2, 0) is 3.79 Å². The van der Waals surface area contributed by atoms with E-state index in [1.807, 2.05) is 0 Å². The average Bonchev–Trinajstić information content (AvgIpc) is 2.02. The van der Waals surface area contributed by atoms with Crippen LogP contribution in [0, 0.1) is 10.1 Å². The fourth-order valence-corrected chi connectivity index (χ4v) is 1.77. The number of hydrogen-bond acceptors (Lipinski definition) is 2. The highest BCUT2D eigenvalue weighted by atomic mass is 35.6. The van der Waals surface area contributed by atoms with Crippen LogP contribution in [0.2, 0.25) is 0 Å². The molecule has 0 N–H and O–H groups in total. The highest BCUT2D eigenvalue weighted by Gasteiger charge is 2.27. The second kappa shape index (κ2) is 4.06. The maximum atomic E-state index is 10.4. The largest absolute Gasteiger partial charge is 0.269 e. The monoisotopic (exact) mass is 270 g/mol. The van der Waals surface area contributed by atoms with Gasteiger partial charge in [-0.3, -0.25) is 10.1 Å². The fourth-order valence-electron chi connectivity index (χ4n) is 0.853. The Bertz CT molecular complexity index is 378. The van der Waals surface area contributed by atoms with Gasteiger partial charge < -0.3 is 0 Å². The van der Waals surface area contributed by atoms with Gasteiger partial charge in [0.2, 0.25) is 3.79 Å². The number of benzene rings is 1. The molecule has 0 aliphatic carbocycles. The number of halogens is 3. The number of rotatable bonds is 1. The van der Waals surface area contributed by atoms with Crippen molar-refractivity contribution in [2.45, 2.75) is 8.69 Å². The van der Waals surface area contributed by atoms with E-state index >= 15 is 0 Å². The van der Waals surface area contributed by atoms with Crippen LogP contribution in [-0.4, -0.2) is 4.92 Å². The van der Waals surface area contributed by atoms with Crippen LogP contribution < -0.4 is 0 Å². The first kappa shape index (κ1) is 11.8. The van der Waals surface area contributed by atoms with Crippen molar-refractivity contribution in [3.05, 3.63) is 33.9 Å². The predicted molar refractivity (Wildman–Crippen MR) is 58.2 cm³/mol. The summed E-state index contributed by atoms with van der Waals surface area (Å²) in [5.74, 6) is 0. The summed E-state index contributed by atoms with van der Waals surface area (Å²) in [7, 11) is 0. The molecule has 0 amide bonds. The molecule has 0 saturated carbocycles. The van der Waals surface area contributed by atoms with E-state index in [2.05, 4.69) is 0 Å². The minimum atomic E-state index is -1.73. The molecule has 0 heterocycles. The van der Waals surface area contributed by atoms with Crippen molar-refractivity contribution in [3.8, 4) is 0 Å². The topological polar surface area (TPSA) is 43.1 Å². The quantitative estimate of drug-likeness (QED) is 0.440. The average molecular weight is 272 g/mol. The maximum Gasteiger partial charge on any atom is 0.269 e. The number of non-ortho nitro benzene ring substituents is 1. The molecule has 0 aromatic heterocycles. The second-order valence-corrected chi connectivity index (χ2v) is 5.16. The fraction of sp³-hybridized carbons (Fsp3) is 0.143. The van der Waals surface area contributed by atoms with Crippen LogP contribution in [0.25, 0.3) is 0 Å². The van der Waals surface area contributed by atoms with Gasteiger partial charge in [0.15, 0.2) is 0 Å². The molecule has 0 aliphatic heterocycles. The second-order valence-electron chi connectivity index (χ2n) is 2.44. The first-order valence-electron chi connectivity index (χ1n) is 3.35. The van der Waals surface area contributed by atoms with Crippen molar-refractivity contribution in [1.29, 1.82) is 0 Å². The standard InChI is InChI=1S/C7H3Cl3NO2S/c8-7(9,10)5-3-4(11(12)13)1-2-6(5)14/h1-3H. The van der Waals surface area contributed by atoms with E-state index in [0.29, 0.717) is 0 Å². The van der Waals surface area contributed by atoms with Crippen molar-refractivity contribution in [2.24, 2.45) is 0 Å². The van der Waals surface area contributed by atoms with Gasteiger partial charge in [-0.2, -0.15) is 0 Å². The summed E-state index contributed by atoms with van der Waals surface area (Å²) in [6.45, 7) is 0. The van der Waals surface area contributed by atoms with Crippen LogP contribution in [0.1, 0.15) is 5.56 Å². The van der Waals surface area contributed by atoms with Crippen molar-refractivity contribution >= 4 is 53.1 Å². The molecule has 7 heteroatoms. The maximum absolute atomic E-state index is 10.4. The Morgan fingerprint density at radius 1 is 1.36 bits per heavy atom. The van der Waals surface area contributed by atoms with Gasteiger partial charge in [0.25, 0.3) is 5.69 Å². The Balaban J connectivity index is 3.29. The minimum Gasteiger partial charge on any atom is -0.258 e. The Hall–Kier alpha value is -0.290. The van der Waals surface area contributed by atoms with E-state index in [0.717, 1.165) is 6.07 Å². The van der Waals surface area contributed by atoms with Gasteiger partial charge >= 0.3 is 0 Å². The molecule has 0 spiro atoms. The van der Waals surface area contributed by atoms with Crippen molar-refractivity contribution in [3.63, 3.8) is 0 Å². The summed E-state index contributed by atoms with van der Waals surface area (Å²) in [4.78, 5) is 10.1. The lowest BCUT2D eigenvalue weighted by atomic mass is 10.2. The molecule has 0 atom stereocenters. The molecule has 0 bridgehead atoms. The van der Waals surface area contributed by atoms with Crippen molar-refractivity contribution in [2.75, 3.05) is 0 Å². The van der Waals surface area contributed by atoms with Gasteiger partial charge in [-0.25, -0.2) is 0 Å². The van der Waals surface area contributed by atoms with E-state index < -0.39 is 8.72 Å². The zero-order valence-corrected chi connectivity index (χ0v) is 9.62. The molecule has 3 nitrogen and oxygen atoms in total. The molecule has 75 valence electrons. The number of hydrogen-bond donors (Lipinski definition) is 0. The lowest BCUT2D eigenvalue weighted by Crippen LogP contribution is -2.02. The third kappa shape index (κ3) is 2.60. The van der Waals surface area contributed by atoms with E-state index in [1.165, 1.54) is 12.1 Å². The lowest BCUT2D eigenvalue weighted by Gasteiger charge is -2.12. The van der Waals surface area contributed by atoms with Crippen LogP contribution >= 0.6 is 47.4 Å². The summed E-state index contributed by atoms with van der Waals surface area (Å²) in [6, 6.07) is 3.79. The third-order valence-electron chi connectivity index (χ3n) is 1.48. The molecule has 0 aliphatic rings. The molecule has 14 heavy (non-hydrogen) atoms. The zero-order valence-electron chi connectivity index (χ0n) is 6.54. The van der Waals surface area contributed by atoms with E-state index in [1.54, 1.807) is 0 Å². The van der Waals surface area contributed by atoms with Crippen LogP contribution in [0.4, 0.5) is 5.69 Å². The molecule has 1 rings (SSSR count). The Morgan fingerprint density at radius 2 is 1.93 bits per heavy atom. The van der Waals surface area contributed by atoms with Gasteiger partial charge in [0.05, 0.1) is 4.92 Å². The first-order valence-corrected chi connectivity index (χ1v) is 4.89. The summed E-state index contributed by atoms with van der Waals surface area (Å²) in [6.07, 6.45) is 0. The summed E-state index contributed by atoms with van der Waals surface area (Å²) < 4.78 is -1.73. The predicted octanol–water partition coefficient (Wildman–Crippen LogP) is 3.98. The van der Waals surface area contributed by atoms with E-state index in [9.17, 15) is 10.1 Å². The molecule has 0 fully saturated rings. The van der Waals surface area contributed by atoms with Gasteiger partial charge in [-0.05, 0) is 6.07 Å². The normalized spacial score (nSPS) is 11.4. The van der Waals surface area contributed by atoms with Crippen LogP contribution in [0.15, 0.2) is 23.1 Å². The van der Waals surface area contributed by atoms with Crippen LogP contribution in [0.3, 0.4) is 0 Å². The Kier molecular flexibility index (Phi) is 3.42. The third-order valence-corrected chi connectivity index (χ3v) is 2.45. The Morgan fingerprint density at radius 3 is 2.36 bits per heavy atom. The van der Waals surface area contributed by atoms with Gasteiger partial charge in [0, 0.05) is 22.6 Å². The lowest BCUT2D eigenvalue weighted by molar-refractivity contribution is -0.385. The number of nitro benzene ring substituents is 1. The van der Waals surface area contributed by atoms with Gasteiger partial charge in [0.1, 0.15) is 0 Å².